The minimum absolute atomic E-state index is 0.221. The predicted molar refractivity (Wildman–Crippen MR) is 154 cm³/mol. The topological polar surface area (TPSA) is 97.6 Å². The molecule has 0 N–H and O–H groups in total. The number of nitrogens with zero attached hydrogens (tertiary/aromatic N) is 4. The molecule has 214 valence electrons. The maximum absolute atomic E-state index is 12.0. The molecule has 11 heteroatoms. The lowest BCUT2D eigenvalue weighted by Gasteiger charge is -2.25. The van der Waals surface area contributed by atoms with Gasteiger partial charge in [0.05, 0.1) is 37.9 Å². The van der Waals surface area contributed by atoms with Gasteiger partial charge in [-0.2, -0.15) is 0 Å². The van der Waals surface area contributed by atoms with E-state index in [1.165, 1.54) is 11.3 Å². The Balaban J connectivity index is 1.40. The molecular weight excluding hydrogens is 564 g/mol. The molecule has 9 nitrogen and oxygen atoms in total. The van der Waals surface area contributed by atoms with Gasteiger partial charge in [-0.05, 0) is 50.5 Å². The van der Waals surface area contributed by atoms with Crippen LogP contribution in [-0.2, 0) is 27.1 Å². The van der Waals surface area contributed by atoms with Gasteiger partial charge in [0, 0.05) is 39.6 Å². The Morgan fingerprint density at radius 2 is 1.95 bits per heavy atom. The molecule has 41 heavy (non-hydrogen) atoms. The van der Waals surface area contributed by atoms with E-state index in [4.69, 9.17) is 30.5 Å². The van der Waals surface area contributed by atoms with Crippen molar-refractivity contribution in [2.24, 2.45) is 0 Å². The van der Waals surface area contributed by atoms with Crippen molar-refractivity contribution in [2.75, 3.05) is 20.8 Å². The van der Waals surface area contributed by atoms with E-state index in [0.29, 0.717) is 41.9 Å². The second-order valence-electron chi connectivity index (χ2n) is 10.1. The highest BCUT2D eigenvalue weighted by Crippen LogP contribution is 2.48. The van der Waals surface area contributed by atoms with E-state index in [-0.39, 0.29) is 12.4 Å². The first-order chi connectivity index (χ1) is 20.0. The van der Waals surface area contributed by atoms with Crippen LogP contribution in [0.3, 0.4) is 0 Å². The number of carbonyl (C=O) groups excluding carboxylic acids is 1. The molecule has 2 atom stereocenters. The lowest BCUT2D eigenvalue weighted by atomic mass is 9.98. The highest BCUT2D eigenvalue weighted by Gasteiger charge is 2.39. The zero-order valence-corrected chi connectivity index (χ0v) is 24.7. The summed E-state index contributed by atoms with van der Waals surface area (Å²) in [5.74, 6) is 3.04. The monoisotopic (exact) mass is 594 g/mol. The number of aromatic nitrogens is 4. The van der Waals surface area contributed by atoms with Crippen LogP contribution >= 0.6 is 22.9 Å². The molecule has 0 saturated heterocycles. The second-order valence-corrected chi connectivity index (χ2v) is 11.7. The summed E-state index contributed by atoms with van der Waals surface area (Å²) in [6.07, 6.45) is 4.48. The fourth-order valence-electron chi connectivity index (χ4n) is 5.32. The molecule has 0 radical (unpaired) electrons. The van der Waals surface area contributed by atoms with Gasteiger partial charge in [0.1, 0.15) is 18.0 Å². The van der Waals surface area contributed by atoms with Crippen LogP contribution in [0.5, 0.6) is 11.5 Å². The van der Waals surface area contributed by atoms with Gasteiger partial charge < -0.3 is 18.9 Å². The quantitative estimate of drug-likeness (QED) is 0.201. The van der Waals surface area contributed by atoms with Gasteiger partial charge in [-0.25, -0.2) is 4.98 Å². The normalized spacial score (nSPS) is 17.9. The van der Waals surface area contributed by atoms with Crippen molar-refractivity contribution in [3.8, 4) is 17.2 Å². The van der Waals surface area contributed by atoms with Crippen LogP contribution in [0.2, 0.25) is 5.02 Å². The van der Waals surface area contributed by atoms with Gasteiger partial charge >= 0.3 is 5.97 Å². The number of para-hydroxylation sites is 1. The van der Waals surface area contributed by atoms with Crippen molar-refractivity contribution in [3.63, 3.8) is 0 Å². The number of benzene rings is 2. The number of halogens is 1. The Morgan fingerprint density at radius 3 is 2.71 bits per heavy atom. The van der Waals surface area contributed by atoms with Gasteiger partial charge in [-0.1, -0.05) is 23.7 Å². The predicted octanol–water partition coefficient (Wildman–Crippen LogP) is 6.17. The van der Waals surface area contributed by atoms with Crippen LogP contribution in [-0.4, -0.2) is 46.5 Å². The van der Waals surface area contributed by atoms with Crippen LogP contribution in [0.1, 0.15) is 77.0 Å². The Morgan fingerprint density at radius 1 is 1.12 bits per heavy atom. The molecule has 2 unspecified atom stereocenters. The summed E-state index contributed by atoms with van der Waals surface area (Å²) in [5.41, 5.74) is 2.68. The average molecular weight is 595 g/mol. The summed E-state index contributed by atoms with van der Waals surface area (Å²) in [4.78, 5) is 17.4. The molecule has 2 aromatic carbocycles. The smallest absolute Gasteiger partial charge is 0.311 e. The Labute approximate surface area is 247 Å². The number of methoxy groups -OCH3 is 2. The maximum atomic E-state index is 12.0. The van der Waals surface area contributed by atoms with Gasteiger partial charge in [0.25, 0.3) is 0 Å². The lowest BCUT2D eigenvalue weighted by Crippen LogP contribution is -2.13. The second kappa shape index (κ2) is 11.8. The third-order valence-corrected chi connectivity index (χ3v) is 8.61. The molecule has 3 heterocycles. The van der Waals surface area contributed by atoms with Crippen LogP contribution < -0.4 is 9.47 Å². The number of rotatable bonds is 10. The number of esters is 1. The number of fused-ring (bicyclic) bond motifs is 3. The van der Waals surface area contributed by atoms with E-state index in [0.717, 1.165) is 51.2 Å². The zero-order valence-electron chi connectivity index (χ0n) is 23.1. The summed E-state index contributed by atoms with van der Waals surface area (Å²) in [7, 11) is 3.25. The summed E-state index contributed by atoms with van der Waals surface area (Å²) in [6.45, 7) is 2.16. The summed E-state index contributed by atoms with van der Waals surface area (Å²) in [6, 6.07) is 11.6. The number of carbonyl (C=O) groups is 1. The minimum Gasteiger partial charge on any atom is -0.493 e. The first-order valence-corrected chi connectivity index (χ1v) is 14.9. The van der Waals surface area contributed by atoms with Gasteiger partial charge in [-0.3, -0.25) is 9.36 Å². The van der Waals surface area contributed by atoms with Crippen molar-refractivity contribution in [1.82, 2.24) is 19.7 Å². The van der Waals surface area contributed by atoms with Gasteiger partial charge in [0.15, 0.2) is 17.3 Å². The molecule has 2 aliphatic rings. The molecule has 0 bridgehead atoms. The average Bonchev–Trinajstić information content (AvgIpc) is 3.61. The third-order valence-electron chi connectivity index (χ3n) is 7.32. The molecule has 1 saturated carbocycles. The van der Waals surface area contributed by atoms with Gasteiger partial charge in [-0.15, -0.1) is 21.5 Å². The molecule has 4 aromatic rings. The summed E-state index contributed by atoms with van der Waals surface area (Å²) in [5, 5.41) is 10.8. The van der Waals surface area contributed by atoms with Crippen molar-refractivity contribution in [1.29, 1.82) is 0 Å². The van der Waals surface area contributed by atoms with E-state index >= 15 is 0 Å². The highest BCUT2D eigenvalue weighted by molar-refractivity contribution is 7.11. The van der Waals surface area contributed by atoms with Crippen molar-refractivity contribution >= 4 is 28.9 Å². The van der Waals surface area contributed by atoms with E-state index in [2.05, 4.69) is 19.7 Å². The van der Waals surface area contributed by atoms with E-state index < -0.39 is 12.2 Å². The van der Waals surface area contributed by atoms with E-state index in [1.54, 1.807) is 27.3 Å². The molecule has 0 amide bonds. The largest absolute Gasteiger partial charge is 0.493 e. The Kier molecular flexibility index (Phi) is 7.96. The van der Waals surface area contributed by atoms with Crippen molar-refractivity contribution in [2.45, 2.75) is 57.2 Å². The van der Waals surface area contributed by atoms with Crippen LogP contribution in [0.25, 0.3) is 5.69 Å². The van der Waals surface area contributed by atoms with Crippen molar-refractivity contribution in [3.05, 3.63) is 80.3 Å². The fourth-order valence-corrected chi connectivity index (χ4v) is 6.42. The lowest BCUT2D eigenvalue weighted by molar-refractivity contribution is -0.142. The van der Waals surface area contributed by atoms with Crippen LogP contribution in [0, 0.1) is 0 Å². The first-order valence-electron chi connectivity index (χ1n) is 13.7. The Bertz CT molecular complexity index is 1570. The Hall–Kier alpha value is -3.47. The maximum Gasteiger partial charge on any atom is 0.311 e. The molecule has 1 fully saturated rings. The van der Waals surface area contributed by atoms with E-state index in [1.807, 2.05) is 36.4 Å². The summed E-state index contributed by atoms with van der Waals surface area (Å²) >= 11 is 8.09. The van der Waals surface area contributed by atoms with Gasteiger partial charge in [0.2, 0.25) is 0 Å². The molecule has 0 spiro atoms. The molecule has 1 aliphatic heterocycles. The standard InChI is InChI=1S/C30H31ClN4O5S/c1-4-39-26(36)15-19-16-32-25(41-19)13-12-24-30-34-33-29(17-8-9-17)35(30)22-11-10-18(31)14-21(22)27(40-24)20-6-5-7-23(37-2)28(20)38-3/h5-7,10-11,14,16-17,24,27H,4,8-9,12-13,15H2,1-3H3. The number of thiazole rings is 1. The fraction of sp³-hybridized carbons (Fsp3) is 0.400. The molecule has 6 rings (SSSR count). The zero-order chi connectivity index (χ0) is 28.5. The summed E-state index contributed by atoms with van der Waals surface area (Å²) < 4.78 is 25.7. The number of hydrogen-bond donors (Lipinski definition) is 0. The first kappa shape index (κ1) is 27.7. The molecule has 2 aromatic heterocycles. The SMILES string of the molecule is CCOC(=O)Cc1cnc(CCC2OC(c3cccc(OC)c3OC)c3cc(Cl)ccc3-n3c(C4CC4)nnc32)s1. The number of aryl methyl sites for hydroxylation is 1. The number of ether oxygens (including phenoxy) is 4. The van der Waals surface area contributed by atoms with Crippen molar-refractivity contribution < 1.29 is 23.7 Å². The molecule has 1 aliphatic carbocycles. The third kappa shape index (κ3) is 5.56. The van der Waals surface area contributed by atoms with Crippen LogP contribution in [0.4, 0.5) is 0 Å². The highest BCUT2D eigenvalue weighted by atomic mass is 35.5. The molecular formula is C30H31ClN4O5S. The van der Waals surface area contributed by atoms with Crippen LogP contribution in [0.15, 0.2) is 42.6 Å². The number of hydrogen-bond acceptors (Lipinski definition) is 9. The minimum atomic E-state index is -0.511. The van der Waals surface area contributed by atoms with E-state index in [9.17, 15) is 4.79 Å².